The third kappa shape index (κ3) is 6.45. The molecule has 3 rings (SSSR count). The lowest BCUT2D eigenvalue weighted by molar-refractivity contribution is -0.138. The van der Waals surface area contributed by atoms with Crippen LogP contribution < -0.4 is 4.31 Å². The number of benzene rings is 1. The first-order valence-corrected chi connectivity index (χ1v) is 13.2. The number of piperazine rings is 1. The molecule has 1 saturated heterocycles. The van der Waals surface area contributed by atoms with Crippen LogP contribution in [0.2, 0.25) is 0 Å². The summed E-state index contributed by atoms with van der Waals surface area (Å²) in [6.07, 6.45) is 9.06. The van der Waals surface area contributed by atoms with Crippen molar-refractivity contribution in [3.63, 3.8) is 0 Å². The molecule has 31 heavy (non-hydrogen) atoms. The number of carbonyl (C=O) groups is 2. The Morgan fingerprint density at radius 2 is 1.55 bits per heavy atom. The zero-order chi connectivity index (χ0) is 22.4. The molecule has 1 aromatic rings. The van der Waals surface area contributed by atoms with Crippen molar-refractivity contribution in [3.8, 4) is 0 Å². The van der Waals surface area contributed by atoms with Gasteiger partial charge in [0, 0.05) is 32.6 Å². The number of carbonyl (C=O) groups excluding carboxylic acids is 2. The minimum Gasteiger partial charge on any atom is -0.339 e. The van der Waals surface area contributed by atoms with E-state index in [4.69, 9.17) is 0 Å². The molecule has 0 unspecified atom stereocenters. The van der Waals surface area contributed by atoms with Gasteiger partial charge in [-0.2, -0.15) is 0 Å². The van der Waals surface area contributed by atoms with E-state index >= 15 is 0 Å². The third-order valence-electron chi connectivity index (χ3n) is 6.54. The average molecular weight is 450 g/mol. The summed E-state index contributed by atoms with van der Waals surface area (Å²) >= 11 is 0. The first kappa shape index (κ1) is 23.6. The SMILES string of the molecule is Cc1ccccc1N(CC(=O)N1CCN(C(=O)CCC2CCCCC2)CC1)S(C)(=O)=O. The van der Waals surface area contributed by atoms with Crippen molar-refractivity contribution in [2.45, 2.75) is 51.9 Å². The van der Waals surface area contributed by atoms with Gasteiger partial charge in [0.1, 0.15) is 6.54 Å². The maximum atomic E-state index is 12.9. The fraction of sp³-hybridized carbons (Fsp3) is 0.652. The van der Waals surface area contributed by atoms with Crippen molar-refractivity contribution >= 4 is 27.5 Å². The molecule has 0 aromatic heterocycles. The van der Waals surface area contributed by atoms with Crippen LogP contribution in [0.25, 0.3) is 0 Å². The number of amides is 2. The maximum absolute atomic E-state index is 12.9. The Hall–Kier alpha value is -2.09. The van der Waals surface area contributed by atoms with Gasteiger partial charge in [-0.15, -0.1) is 0 Å². The molecule has 1 aliphatic carbocycles. The molecule has 1 heterocycles. The predicted molar refractivity (Wildman–Crippen MR) is 122 cm³/mol. The van der Waals surface area contributed by atoms with E-state index in [2.05, 4.69) is 0 Å². The molecule has 0 atom stereocenters. The lowest BCUT2D eigenvalue weighted by atomic mass is 9.86. The molecule has 0 radical (unpaired) electrons. The number of hydrogen-bond acceptors (Lipinski definition) is 4. The third-order valence-corrected chi connectivity index (χ3v) is 7.67. The van der Waals surface area contributed by atoms with Crippen LogP contribution in [0.15, 0.2) is 24.3 Å². The van der Waals surface area contributed by atoms with Crippen molar-refractivity contribution < 1.29 is 18.0 Å². The second-order valence-electron chi connectivity index (χ2n) is 8.86. The smallest absolute Gasteiger partial charge is 0.243 e. The first-order valence-electron chi connectivity index (χ1n) is 11.3. The van der Waals surface area contributed by atoms with Crippen molar-refractivity contribution in [1.82, 2.24) is 9.80 Å². The van der Waals surface area contributed by atoms with E-state index in [1.165, 1.54) is 36.4 Å². The number of aryl methyl sites for hydroxylation is 1. The van der Waals surface area contributed by atoms with E-state index in [1.54, 1.807) is 17.0 Å². The summed E-state index contributed by atoms with van der Waals surface area (Å²) in [7, 11) is -3.60. The number of nitrogens with zero attached hydrogens (tertiary/aromatic N) is 3. The van der Waals surface area contributed by atoms with Gasteiger partial charge < -0.3 is 9.80 Å². The average Bonchev–Trinajstić information content (AvgIpc) is 2.76. The number of hydrogen-bond donors (Lipinski definition) is 0. The van der Waals surface area contributed by atoms with Crippen LogP contribution in [-0.4, -0.2) is 69.0 Å². The standard InChI is InChI=1S/C23H35N3O4S/c1-19-8-6-7-11-21(19)26(31(2,29)30)18-23(28)25-16-14-24(15-17-25)22(27)13-12-20-9-4-3-5-10-20/h6-8,11,20H,3-5,9-10,12-18H2,1-2H3. The highest BCUT2D eigenvalue weighted by Gasteiger charge is 2.28. The van der Waals surface area contributed by atoms with Gasteiger partial charge in [0.15, 0.2) is 0 Å². The maximum Gasteiger partial charge on any atom is 0.243 e. The van der Waals surface area contributed by atoms with Crippen molar-refractivity contribution in [3.05, 3.63) is 29.8 Å². The number of anilines is 1. The molecule has 172 valence electrons. The molecule has 7 nitrogen and oxygen atoms in total. The van der Waals surface area contributed by atoms with E-state index < -0.39 is 10.0 Å². The van der Waals surface area contributed by atoms with Crippen LogP contribution in [-0.2, 0) is 19.6 Å². The van der Waals surface area contributed by atoms with E-state index in [0.29, 0.717) is 44.2 Å². The molecule has 2 fully saturated rings. The Morgan fingerprint density at radius 1 is 0.968 bits per heavy atom. The Morgan fingerprint density at radius 3 is 2.13 bits per heavy atom. The summed E-state index contributed by atoms with van der Waals surface area (Å²) in [6.45, 7) is 3.52. The zero-order valence-electron chi connectivity index (χ0n) is 18.8. The van der Waals surface area contributed by atoms with Crippen LogP contribution >= 0.6 is 0 Å². The zero-order valence-corrected chi connectivity index (χ0v) is 19.6. The minimum absolute atomic E-state index is 0.176. The minimum atomic E-state index is -3.60. The summed E-state index contributed by atoms with van der Waals surface area (Å²) in [5.74, 6) is 0.627. The Labute approximate surface area is 186 Å². The topological polar surface area (TPSA) is 78.0 Å². The van der Waals surface area contributed by atoms with E-state index in [1.807, 2.05) is 24.0 Å². The van der Waals surface area contributed by atoms with Gasteiger partial charge in [0.25, 0.3) is 0 Å². The van der Waals surface area contributed by atoms with Crippen molar-refractivity contribution in [1.29, 1.82) is 0 Å². The van der Waals surface area contributed by atoms with Crippen LogP contribution in [0.3, 0.4) is 0 Å². The summed E-state index contributed by atoms with van der Waals surface area (Å²) < 4.78 is 25.9. The quantitative estimate of drug-likeness (QED) is 0.641. The second kappa shape index (κ2) is 10.5. The van der Waals surface area contributed by atoms with Crippen LogP contribution in [0.1, 0.15) is 50.5 Å². The van der Waals surface area contributed by atoms with Gasteiger partial charge in [0.05, 0.1) is 11.9 Å². The molecule has 1 aliphatic heterocycles. The summed E-state index contributed by atoms with van der Waals surface area (Å²) in [5, 5.41) is 0. The number of para-hydroxylation sites is 1. The van der Waals surface area contributed by atoms with Crippen LogP contribution in [0.5, 0.6) is 0 Å². The molecule has 8 heteroatoms. The largest absolute Gasteiger partial charge is 0.339 e. The second-order valence-corrected chi connectivity index (χ2v) is 10.8. The monoisotopic (exact) mass is 449 g/mol. The summed E-state index contributed by atoms with van der Waals surface area (Å²) in [5.41, 5.74) is 1.32. The van der Waals surface area contributed by atoms with Gasteiger partial charge in [0.2, 0.25) is 21.8 Å². The van der Waals surface area contributed by atoms with E-state index in [9.17, 15) is 18.0 Å². The molecule has 2 amide bonds. The number of sulfonamides is 1. The summed E-state index contributed by atoms with van der Waals surface area (Å²) in [6, 6.07) is 7.15. The normalized spacial score (nSPS) is 18.1. The number of rotatable bonds is 7. The van der Waals surface area contributed by atoms with Gasteiger partial charge in [-0.3, -0.25) is 13.9 Å². The molecule has 1 aromatic carbocycles. The molecule has 1 saturated carbocycles. The van der Waals surface area contributed by atoms with Gasteiger partial charge in [-0.05, 0) is 30.9 Å². The van der Waals surface area contributed by atoms with E-state index in [-0.39, 0.29) is 18.4 Å². The molecule has 0 bridgehead atoms. The highest BCUT2D eigenvalue weighted by atomic mass is 32.2. The fourth-order valence-electron chi connectivity index (χ4n) is 4.61. The Bertz CT molecular complexity index is 873. The van der Waals surface area contributed by atoms with Gasteiger partial charge in [-0.25, -0.2) is 8.42 Å². The highest BCUT2D eigenvalue weighted by molar-refractivity contribution is 7.92. The van der Waals surface area contributed by atoms with Gasteiger partial charge in [-0.1, -0.05) is 50.3 Å². The first-order chi connectivity index (χ1) is 14.8. The summed E-state index contributed by atoms with van der Waals surface area (Å²) in [4.78, 5) is 29.0. The molecule has 0 N–H and O–H groups in total. The van der Waals surface area contributed by atoms with Crippen molar-refractivity contribution in [2.75, 3.05) is 43.3 Å². The fourth-order valence-corrected chi connectivity index (χ4v) is 5.52. The Kier molecular flexibility index (Phi) is 7.97. The molecular formula is C23H35N3O4S. The molecule has 0 spiro atoms. The van der Waals surface area contributed by atoms with Gasteiger partial charge >= 0.3 is 0 Å². The lowest BCUT2D eigenvalue weighted by Gasteiger charge is -2.36. The van der Waals surface area contributed by atoms with Crippen LogP contribution in [0.4, 0.5) is 5.69 Å². The predicted octanol–water partition coefficient (Wildman–Crippen LogP) is 2.79. The molecular weight excluding hydrogens is 414 g/mol. The van der Waals surface area contributed by atoms with Crippen LogP contribution in [0, 0.1) is 12.8 Å². The highest BCUT2D eigenvalue weighted by Crippen LogP contribution is 2.27. The Balaban J connectivity index is 1.52. The lowest BCUT2D eigenvalue weighted by Crippen LogP contribution is -2.53. The molecule has 2 aliphatic rings. The van der Waals surface area contributed by atoms with Crippen molar-refractivity contribution in [2.24, 2.45) is 5.92 Å². The van der Waals surface area contributed by atoms with E-state index in [0.717, 1.165) is 18.2 Å².